The van der Waals surface area contributed by atoms with Crippen LogP contribution in [0.3, 0.4) is 0 Å². The molecule has 1 fully saturated rings. The average Bonchev–Trinajstić information content (AvgIpc) is 2.46. The van der Waals surface area contributed by atoms with Gasteiger partial charge < -0.3 is 10.6 Å². The molecule has 1 aromatic heterocycles. The highest BCUT2D eigenvalue weighted by Gasteiger charge is 2.16. The van der Waals surface area contributed by atoms with Gasteiger partial charge in [-0.2, -0.15) is 0 Å². The normalized spacial score (nSPS) is 16.2. The zero-order valence-corrected chi connectivity index (χ0v) is 10.6. The first-order chi connectivity index (χ1) is 8.88. The summed E-state index contributed by atoms with van der Waals surface area (Å²) in [5.74, 6) is 1.09. The van der Waals surface area contributed by atoms with Crippen molar-refractivity contribution < 1.29 is 0 Å². The van der Waals surface area contributed by atoms with Crippen LogP contribution in [-0.4, -0.2) is 18.1 Å². The third-order valence-electron chi connectivity index (χ3n) is 3.66. The lowest BCUT2D eigenvalue weighted by atomic mass is 10.1. The zero-order valence-electron chi connectivity index (χ0n) is 10.6. The van der Waals surface area contributed by atoms with E-state index in [4.69, 9.17) is 10.7 Å². The van der Waals surface area contributed by atoms with E-state index in [9.17, 15) is 0 Å². The fourth-order valence-corrected chi connectivity index (χ4v) is 2.68. The summed E-state index contributed by atoms with van der Waals surface area (Å²) in [5.41, 5.74) is 8.11. The van der Waals surface area contributed by atoms with Crippen molar-refractivity contribution in [3.05, 3.63) is 35.9 Å². The van der Waals surface area contributed by atoms with E-state index in [-0.39, 0.29) is 0 Å². The molecule has 3 heteroatoms. The molecule has 0 spiro atoms. The largest absolute Gasteiger partial charge is 0.356 e. The topological polar surface area (TPSA) is 42.1 Å². The molecule has 1 aliphatic heterocycles. The van der Waals surface area contributed by atoms with Gasteiger partial charge >= 0.3 is 0 Å². The SMILES string of the molecule is NCc1cc2ccccc2nc1N1CCCCC1. The van der Waals surface area contributed by atoms with Crippen molar-refractivity contribution in [3.8, 4) is 0 Å². The molecule has 0 saturated carbocycles. The van der Waals surface area contributed by atoms with Crippen molar-refractivity contribution in [2.75, 3.05) is 18.0 Å². The molecule has 3 rings (SSSR count). The summed E-state index contributed by atoms with van der Waals surface area (Å²) >= 11 is 0. The van der Waals surface area contributed by atoms with E-state index in [0.717, 1.165) is 30.0 Å². The molecule has 0 atom stereocenters. The van der Waals surface area contributed by atoms with Gasteiger partial charge in [0.25, 0.3) is 0 Å². The summed E-state index contributed by atoms with van der Waals surface area (Å²) in [4.78, 5) is 7.20. The minimum Gasteiger partial charge on any atom is -0.356 e. The van der Waals surface area contributed by atoms with Gasteiger partial charge in [-0.1, -0.05) is 18.2 Å². The number of rotatable bonds is 2. The lowest BCUT2D eigenvalue weighted by Gasteiger charge is -2.29. The molecule has 0 bridgehead atoms. The number of hydrogen-bond acceptors (Lipinski definition) is 3. The summed E-state index contributed by atoms with van der Waals surface area (Å²) in [5, 5.41) is 1.18. The Hall–Kier alpha value is -1.61. The molecule has 1 saturated heterocycles. The van der Waals surface area contributed by atoms with E-state index in [1.54, 1.807) is 0 Å². The highest BCUT2D eigenvalue weighted by atomic mass is 15.2. The molecule has 18 heavy (non-hydrogen) atoms. The minimum atomic E-state index is 0.559. The van der Waals surface area contributed by atoms with Crippen molar-refractivity contribution >= 4 is 16.7 Å². The number of anilines is 1. The van der Waals surface area contributed by atoms with Crippen LogP contribution in [0.4, 0.5) is 5.82 Å². The Morgan fingerprint density at radius 3 is 2.67 bits per heavy atom. The first kappa shape index (κ1) is 11.5. The standard InChI is InChI=1S/C15H19N3/c16-11-13-10-12-6-2-3-7-14(12)17-15(13)18-8-4-1-5-9-18/h2-3,6-7,10H,1,4-5,8-9,11,16H2. The Balaban J connectivity index is 2.08. The molecule has 0 unspecified atom stereocenters. The van der Waals surface area contributed by atoms with E-state index in [1.165, 1.54) is 24.6 Å². The van der Waals surface area contributed by atoms with Crippen molar-refractivity contribution in [1.29, 1.82) is 0 Å². The number of hydrogen-bond donors (Lipinski definition) is 1. The van der Waals surface area contributed by atoms with Crippen LogP contribution in [0, 0.1) is 0 Å². The predicted molar refractivity (Wildman–Crippen MR) is 75.7 cm³/mol. The summed E-state index contributed by atoms with van der Waals surface area (Å²) in [6.45, 7) is 2.78. The van der Waals surface area contributed by atoms with Gasteiger partial charge in [0.1, 0.15) is 5.82 Å². The van der Waals surface area contributed by atoms with E-state index >= 15 is 0 Å². The lowest BCUT2D eigenvalue weighted by molar-refractivity contribution is 0.572. The zero-order chi connectivity index (χ0) is 12.4. The average molecular weight is 241 g/mol. The molecule has 0 aliphatic carbocycles. The first-order valence-corrected chi connectivity index (χ1v) is 6.72. The third-order valence-corrected chi connectivity index (χ3v) is 3.66. The van der Waals surface area contributed by atoms with Gasteiger partial charge in [-0.05, 0) is 31.4 Å². The number of nitrogens with two attached hydrogens (primary N) is 1. The smallest absolute Gasteiger partial charge is 0.133 e. The van der Waals surface area contributed by atoms with Gasteiger partial charge in [-0.3, -0.25) is 0 Å². The molecule has 2 heterocycles. The van der Waals surface area contributed by atoms with Gasteiger partial charge in [0.15, 0.2) is 0 Å². The van der Waals surface area contributed by atoms with Crippen LogP contribution >= 0.6 is 0 Å². The molecular formula is C15H19N3. The molecule has 2 N–H and O–H groups in total. The maximum Gasteiger partial charge on any atom is 0.133 e. The van der Waals surface area contributed by atoms with Crippen molar-refractivity contribution in [2.45, 2.75) is 25.8 Å². The highest BCUT2D eigenvalue weighted by molar-refractivity contribution is 5.81. The third kappa shape index (κ3) is 2.06. The Labute approximate surface area is 108 Å². The summed E-state index contributed by atoms with van der Waals surface area (Å²) in [6, 6.07) is 10.4. The fourth-order valence-electron chi connectivity index (χ4n) is 2.68. The molecule has 2 aromatic rings. The van der Waals surface area contributed by atoms with Gasteiger partial charge in [0, 0.05) is 30.6 Å². The Kier molecular flexibility index (Phi) is 3.15. The number of para-hydroxylation sites is 1. The van der Waals surface area contributed by atoms with E-state index in [2.05, 4.69) is 23.1 Å². The number of nitrogens with zero attached hydrogens (tertiary/aromatic N) is 2. The quantitative estimate of drug-likeness (QED) is 0.879. The van der Waals surface area contributed by atoms with Crippen molar-refractivity contribution in [3.63, 3.8) is 0 Å². The maximum absolute atomic E-state index is 5.88. The van der Waals surface area contributed by atoms with Gasteiger partial charge in [-0.15, -0.1) is 0 Å². The predicted octanol–water partition coefficient (Wildman–Crippen LogP) is 2.68. The van der Waals surface area contributed by atoms with Crippen LogP contribution in [0.1, 0.15) is 24.8 Å². The van der Waals surface area contributed by atoms with Crippen LogP contribution in [-0.2, 0) is 6.54 Å². The molecule has 94 valence electrons. The fraction of sp³-hybridized carbons (Fsp3) is 0.400. The molecule has 1 aromatic carbocycles. The number of pyridine rings is 1. The molecule has 0 amide bonds. The number of benzene rings is 1. The summed E-state index contributed by atoms with van der Waals surface area (Å²) in [6.07, 6.45) is 3.86. The van der Waals surface area contributed by atoms with Crippen LogP contribution in [0.25, 0.3) is 10.9 Å². The van der Waals surface area contributed by atoms with Crippen LogP contribution in [0.15, 0.2) is 30.3 Å². The van der Waals surface area contributed by atoms with E-state index in [1.807, 2.05) is 12.1 Å². The van der Waals surface area contributed by atoms with Gasteiger partial charge in [0.2, 0.25) is 0 Å². The Morgan fingerprint density at radius 1 is 1.11 bits per heavy atom. The number of piperidine rings is 1. The van der Waals surface area contributed by atoms with Crippen LogP contribution in [0.5, 0.6) is 0 Å². The minimum absolute atomic E-state index is 0.559. The second-order valence-corrected chi connectivity index (χ2v) is 4.92. The Morgan fingerprint density at radius 2 is 1.89 bits per heavy atom. The second kappa shape index (κ2) is 4.94. The Bertz CT molecular complexity index is 544. The van der Waals surface area contributed by atoms with E-state index < -0.39 is 0 Å². The van der Waals surface area contributed by atoms with Crippen molar-refractivity contribution in [2.24, 2.45) is 5.73 Å². The molecule has 1 aliphatic rings. The first-order valence-electron chi connectivity index (χ1n) is 6.72. The molecule has 0 radical (unpaired) electrons. The molecule has 3 nitrogen and oxygen atoms in total. The summed E-state index contributed by atoms with van der Waals surface area (Å²) < 4.78 is 0. The monoisotopic (exact) mass is 241 g/mol. The lowest BCUT2D eigenvalue weighted by Crippen LogP contribution is -2.31. The number of fused-ring (bicyclic) bond motifs is 1. The van der Waals surface area contributed by atoms with Gasteiger partial charge in [-0.25, -0.2) is 4.98 Å². The number of aromatic nitrogens is 1. The van der Waals surface area contributed by atoms with Crippen LogP contribution < -0.4 is 10.6 Å². The van der Waals surface area contributed by atoms with Gasteiger partial charge in [0.05, 0.1) is 5.52 Å². The molecular weight excluding hydrogens is 222 g/mol. The van der Waals surface area contributed by atoms with Crippen LogP contribution in [0.2, 0.25) is 0 Å². The highest BCUT2D eigenvalue weighted by Crippen LogP contribution is 2.25. The summed E-state index contributed by atoms with van der Waals surface area (Å²) in [7, 11) is 0. The maximum atomic E-state index is 5.88. The van der Waals surface area contributed by atoms with E-state index in [0.29, 0.717) is 6.54 Å². The second-order valence-electron chi connectivity index (χ2n) is 4.92. The van der Waals surface area contributed by atoms with Crippen molar-refractivity contribution in [1.82, 2.24) is 4.98 Å².